The number of fused-ring (bicyclic) bond motifs is 8. The highest BCUT2D eigenvalue weighted by molar-refractivity contribution is 7.27. The van der Waals surface area contributed by atoms with Crippen molar-refractivity contribution in [2.45, 2.75) is 0 Å². The number of aromatic nitrogens is 1. The SMILES string of the molecule is c1ccc(-c2ccc(N(c3ccc(-c4cccc5c4Oc4cccc6c7ccccc7n-5c46)cc3)c3cccc4c3sc3c(-c5ccccc5)cccc34)cc2)cc1. The summed E-state index contributed by atoms with van der Waals surface area (Å²) in [6.45, 7) is 0. The summed E-state index contributed by atoms with van der Waals surface area (Å²) in [7, 11) is 0. The molecule has 58 heavy (non-hydrogen) atoms. The van der Waals surface area contributed by atoms with Gasteiger partial charge in [-0.1, -0.05) is 158 Å². The number of benzene rings is 9. The van der Waals surface area contributed by atoms with E-state index < -0.39 is 0 Å². The molecular formula is C54H34N2OS. The lowest BCUT2D eigenvalue weighted by Crippen LogP contribution is -2.10. The zero-order valence-corrected chi connectivity index (χ0v) is 32.2. The van der Waals surface area contributed by atoms with Gasteiger partial charge in [-0.2, -0.15) is 0 Å². The summed E-state index contributed by atoms with van der Waals surface area (Å²) in [4.78, 5) is 2.41. The van der Waals surface area contributed by atoms with Gasteiger partial charge in [0.25, 0.3) is 0 Å². The average molecular weight is 759 g/mol. The van der Waals surface area contributed by atoms with Crippen LogP contribution in [0.3, 0.4) is 0 Å². The molecule has 2 aromatic heterocycles. The summed E-state index contributed by atoms with van der Waals surface area (Å²) in [5.74, 6) is 1.75. The summed E-state index contributed by atoms with van der Waals surface area (Å²) in [5.41, 5.74) is 13.7. The van der Waals surface area contributed by atoms with Gasteiger partial charge in [-0.3, -0.25) is 0 Å². The highest BCUT2D eigenvalue weighted by Crippen LogP contribution is 2.50. The maximum Gasteiger partial charge on any atom is 0.159 e. The van der Waals surface area contributed by atoms with Gasteiger partial charge < -0.3 is 14.2 Å². The number of para-hydroxylation sites is 3. The van der Waals surface area contributed by atoms with Crippen molar-refractivity contribution < 1.29 is 4.74 Å². The van der Waals surface area contributed by atoms with Crippen LogP contribution in [0.2, 0.25) is 0 Å². The molecule has 4 heteroatoms. The lowest BCUT2D eigenvalue weighted by atomic mass is 10.0. The highest BCUT2D eigenvalue weighted by atomic mass is 32.1. The molecule has 0 radical (unpaired) electrons. The van der Waals surface area contributed by atoms with E-state index in [4.69, 9.17) is 4.74 Å². The molecule has 0 fully saturated rings. The Morgan fingerprint density at radius 1 is 0.397 bits per heavy atom. The molecule has 0 aliphatic carbocycles. The van der Waals surface area contributed by atoms with E-state index in [1.54, 1.807) is 0 Å². The van der Waals surface area contributed by atoms with E-state index in [1.165, 1.54) is 58.7 Å². The van der Waals surface area contributed by atoms with Crippen molar-refractivity contribution in [1.29, 1.82) is 0 Å². The van der Waals surface area contributed by atoms with Gasteiger partial charge in [0.2, 0.25) is 0 Å². The topological polar surface area (TPSA) is 17.4 Å². The van der Waals surface area contributed by atoms with Gasteiger partial charge in [-0.05, 0) is 76.3 Å². The van der Waals surface area contributed by atoms with Crippen LogP contribution in [-0.2, 0) is 0 Å². The number of anilines is 3. The minimum absolute atomic E-state index is 0.870. The zero-order valence-electron chi connectivity index (χ0n) is 31.3. The second-order valence-electron chi connectivity index (χ2n) is 14.9. The number of ether oxygens (including phenoxy) is 1. The zero-order chi connectivity index (χ0) is 38.2. The Morgan fingerprint density at radius 2 is 0.948 bits per heavy atom. The van der Waals surface area contributed by atoms with Crippen LogP contribution < -0.4 is 9.64 Å². The fourth-order valence-corrected chi connectivity index (χ4v) is 10.3. The van der Waals surface area contributed by atoms with Crippen LogP contribution in [0.4, 0.5) is 17.1 Å². The van der Waals surface area contributed by atoms with Gasteiger partial charge in [-0.15, -0.1) is 11.3 Å². The van der Waals surface area contributed by atoms with E-state index in [2.05, 4.69) is 216 Å². The van der Waals surface area contributed by atoms with Gasteiger partial charge in [-0.25, -0.2) is 0 Å². The molecule has 1 aliphatic heterocycles. The molecule has 0 atom stereocenters. The predicted molar refractivity (Wildman–Crippen MR) is 245 cm³/mol. The van der Waals surface area contributed by atoms with Crippen molar-refractivity contribution in [3.63, 3.8) is 0 Å². The third-order valence-corrected chi connectivity index (χ3v) is 12.9. The molecule has 272 valence electrons. The second kappa shape index (κ2) is 13.1. The summed E-state index contributed by atoms with van der Waals surface area (Å²) < 4.78 is 11.7. The normalized spacial score (nSPS) is 11.9. The quantitative estimate of drug-likeness (QED) is 0.168. The summed E-state index contributed by atoms with van der Waals surface area (Å²) in [6, 6.07) is 74.2. The third kappa shape index (κ3) is 5.05. The number of rotatable bonds is 6. The van der Waals surface area contributed by atoms with Crippen molar-refractivity contribution in [2.75, 3.05) is 4.90 Å². The largest absolute Gasteiger partial charge is 0.452 e. The highest BCUT2D eigenvalue weighted by Gasteiger charge is 2.26. The first-order chi connectivity index (χ1) is 28.8. The van der Waals surface area contributed by atoms with Gasteiger partial charge in [0, 0.05) is 43.2 Å². The molecule has 1 aliphatic rings. The summed E-state index contributed by atoms with van der Waals surface area (Å²) in [6.07, 6.45) is 0. The Balaban J connectivity index is 1.01. The van der Waals surface area contributed by atoms with Gasteiger partial charge in [0.15, 0.2) is 11.5 Å². The Kier molecular flexibility index (Phi) is 7.40. The van der Waals surface area contributed by atoms with E-state index in [1.807, 2.05) is 11.3 Å². The smallest absolute Gasteiger partial charge is 0.159 e. The molecule has 0 spiro atoms. The molecule has 12 rings (SSSR count). The molecule has 0 unspecified atom stereocenters. The molecule has 0 amide bonds. The van der Waals surface area contributed by atoms with Crippen LogP contribution in [0, 0.1) is 0 Å². The molecule has 0 bridgehead atoms. The Hall–Kier alpha value is -7.40. The first-order valence-electron chi connectivity index (χ1n) is 19.7. The number of hydrogen-bond acceptors (Lipinski definition) is 3. The van der Waals surface area contributed by atoms with Crippen molar-refractivity contribution in [2.24, 2.45) is 0 Å². The Labute approximate surface area is 339 Å². The maximum atomic E-state index is 6.82. The third-order valence-electron chi connectivity index (χ3n) is 11.6. The summed E-state index contributed by atoms with van der Waals surface area (Å²) >= 11 is 1.88. The number of nitrogens with zero attached hydrogens (tertiary/aromatic N) is 2. The second-order valence-corrected chi connectivity index (χ2v) is 15.9. The first kappa shape index (κ1) is 32.8. The van der Waals surface area contributed by atoms with Crippen LogP contribution in [-0.4, -0.2) is 4.57 Å². The van der Waals surface area contributed by atoms with Crippen molar-refractivity contribution in [3.8, 4) is 50.6 Å². The molecule has 9 aromatic carbocycles. The van der Waals surface area contributed by atoms with Gasteiger partial charge in [0.1, 0.15) is 0 Å². The molecule has 0 N–H and O–H groups in total. The van der Waals surface area contributed by atoms with E-state index in [9.17, 15) is 0 Å². The molecule has 3 heterocycles. The minimum atomic E-state index is 0.870. The minimum Gasteiger partial charge on any atom is -0.452 e. The molecule has 0 saturated heterocycles. The van der Waals surface area contributed by atoms with Gasteiger partial charge in [0.05, 0.1) is 27.1 Å². The van der Waals surface area contributed by atoms with Crippen LogP contribution in [0.1, 0.15) is 0 Å². The van der Waals surface area contributed by atoms with Gasteiger partial charge >= 0.3 is 0 Å². The molecule has 0 saturated carbocycles. The Bertz CT molecular complexity index is 3350. The van der Waals surface area contributed by atoms with Crippen molar-refractivity contribution in [3.05, 3.63) is 206 Å². The van der Waals surface area contributed by atoms with Crippen LogP contribution >= 0.6 is 11.3 Å². The van der Waals surface area contributed by atoms with E-state index in [-0.39, 0.29) is 0 Å². The monoisotopic (exact) mass is 758 g/mol. The average Bonchev–Trinajstić information content (AvgIpc) is 3.85. The summed E-state index contributed by atoms with van der Waals surface area (Å²) in [5, 5.41) is 4.97. The lowest BCUT2D eigenvalue weighted by molar-refractivity contribution is 0.478. The van der Waals surface area contributed by atoms with E-state index in [0.29, 0.717) is 0 Å². The fourth-order valence-electron chi connectivity index (χ4n) is 8.94. The molecular weight excluding hydrogens is 725 g/mol. The number of thiophene rings is 1. The maximum absolute atomic E-state index is 6.82. The fraction of sp³-hybridized carbons (Fsp3) is 0. The standard InChI is InChI=1S/C54H34N2OS/c1-3-13-35(14-4-1)36-27-31-39(32-28-36)55(49-25-11-22-46-45-21-9-19-42(53(45)58-54(46)49)37-15-5-2-6-16-37)40-33-29-38(30-34-40)41-18-10-24-48-52(41)57-50-26-12-20-44-43-17-7-8-23-47(43)56(48)51(44)50/h1-34H. The van der Waals surface area contributed by atoms with Crippen molar-refractivity contribution in [1.82, 2.24) is 4.57 Å². The predicted octanol–water partition coefficient (Wildman–Crippen LogP) is 15.7. The molecule has 11 aromatic rings. The van der Waals surface area contributed by atoms with Crippen LogP contribution in [0.5, 0.6) is 11.5 Å². The van der Waals surface area contributed by atoms with Crippen LogP contribution in [0.15, 0.2) is 206 Å². The van der Waals surface area contributed by atoms with Crippen LogP contribution in [0.25, 0.3) is 81.0 Å². The first-order valence-corrected chi connectivity index (χ1v) is 20.5. The van der Waals surface area contributed by atoms with E-state index >= 15 is 0 Å². The number of hydrogen-bond donors (Lipinski definition) is 0. The lowest BCUT2D eigenvalue weighted by Gasteiger charge is -2.27. The van der Waals surface area contributed by atoms with E-state index in [0.717, 1.165) is 50.9 Å². The van der Waals surface area contributed by atoms with Crippen molar-refractivity contribution >= 4 is 70.4 Å². The Morgan fingerprint density at radius 3 is 1.72 bits per heavy atom. The molecule has 3 nitrogen and oxygen atoms in total.